The third kappa shape index (κ3) is 2.91. The minimum atomic E-state index is -0.560. The average Bonchev–Trinajstić information content (AvgIpc) is 3.11. The van der Waals surface area contributed by atoms with E-state index >= 15 is 0 Å². The zero-order chi connectivity index (χ0) is 17.6. The van der Waals surface area contributed by atoms with E-state index in [2.05, 4.69) is 0 Å². The molecule has 3 rings (SSSR count). The fourth-order valence-corrected chi connectivity index (χ4v) is 4.03. The molecule has 6 unspecified atom stereocenters. The Bertz CT molecular complexity index is 554. The van der Waals surface area contributed by atoms with Crippen molar-refractivity contribution in [3.8, 4) is 0 Å². The highest BCUT2D eigenvalue weighted by Gasteiger charge is 2.63. The van der Waals surface area contributed by atoms with Crippen LogP contribution in [0.2, 0.25) is 0 Å². The molecule has 0 aromatic carbocycles. The molecule has 6 heteroatoms. The molecule has 1 saturated heterocycles. The standard InChI is InChI=1S/C18H26O6/c1-5-18(3,4)17(21)22-9(2)6-13(19)23-14-10-7-11-12(8-10)16(20)24-15(11)14/h9-12,14-15H,5-8H2,1-4H3. The van der Waals surface area contributed by atoms with Crippen LogP contribution in [0.3, 0.4) is 0 Å². The van der Waals surface area contributed by atoms with Gasteiger partial charge in [0.25, 0.3) is 0 Å². The van der Waals surface area contributed by atoms with E-state index in [-0.39, 0.29) is 48.3 Å². The highest BCUT2D eigenvalue weighted by Crippen LogP contribution is 2.55. The van der Waals surface area contributed by atoms with Gasteiger partial charge in [-0.05, 0) is 40.0 Å². The van der Waals surface area contributed by atoms with E-state index in [1.54, 1.807) is 6.92 Å². The molecule has 2 aliphatic carbocycles. The SMILES string of the molecule is CCC(C)(C)C(=O)OC(C)CC(=O)OC1C2CC3C(=O)OC1C3C2. The molecule has 0 spiro atoms. The summed E-state index contributed by atoms with van der Waals surface area (Å²) in [7, 11) is 0. The molecule has 0 N–H and O–H groups in total. The maximum Gasteiger partial charge on any atom is 0.311 e. The van der Waals surface area contributed by atoms with Crippen LogP contribution in [0.15, 0.2) is 0 Å². The lowest BCUT2D eigenvalue weighted by atomic mass is 9.88. The maximum absolute atomic E-state index is 12.2. The second-order valence-electron chi connectivity index (χ2n) is 8.02. The first-order valence-corrected chi connectivity index (χ1v) is 8.84. The summed E-state index contributed by atoms with van der Waals surface area (Å²) in [6.45, 7) is 7.25. The Morgan fingerprint density at radius 1 is 1.33 bits per heavy atom. The molecule has 134 valence electrons. The van der Waals surface area contributed by atoms with Crippen LogP contribution in [-0.2, 0) is 28.6 Å². The summed E-state index contributed by atoms with van der Waals surface area (Å²) in [5, 5.41) is 0. The molecule has 2 bridgehead atoms. The van der Waals surface area contributed by atoms with Crippen molar-refractivity contribution in [2.75, 3.05) is 0 Å². The molecule has 3 aliphatic rings. The number of carbonyl (C=O) groups excluding carboxylic acids is 3. The second kappa shape index (κ2) is 6.05. The van der Waals surface area contributed by atoms with Crippen molar-refractivity contribution in [2.45, 2.75) is 71.7 Å². The Kier molecular flexibility index (Phi) is 4.34. The number of carbonyl (C=O) groups is 3. The molecule has 0 radical (unpaired) electrons. The monoisotopic (exact) mass is 338 g/mol. The van der Waals surface area contributed by atoms with Crippen molar-refractivity contribution in [2.24, 2.45) is 23.2 Å². The third-order valence-corrected chi connectivity index (χ3v) is 5.88. The molecule has 0 amide bonds. The molecule has 1 aliphatic heterocycles. The van der Waals surface area contributed by atoms with Crippen molar-refractivity contribution in [3.05, 3.63) is 0 Å². The Hall–Kier alpha value is -1.59. The molecular formula is C18H26O6. The third-order valence-electron chi connectivity index (χ3n) is 5.88. The van der Waals surface area contributed by atoms with Crippen LogP contribution in [0.5, 0.6) is 0 Å². The number of hydrogen-bond acceptors (Lipinski definition) is 6. The second-order valence-corrected chi connectivity index (χ2v) is 8.02. The first-order chi connectivity index (χ1) is 11.2. The van der Waals surface area contributed by atoms with Gasteiger partial charge in [0, 0.05) is 11.8 Å². The fourth-order valence-electron chi connectivity index (χ4n) is 4.03. The highest BCUT2D eigenvalue weighted by atomic mass is 16.6. The largest absolute Gasteiger partial charge is 0.462 e. The number of ether oxygens (including phenoxy) is 3. The lowest BCUT2D eigenvalue weighted by Crippen LogP contribution is -2.37. The summed E-state index contributed by atoms with van der Waals surface area (Å²) in [6, 6.07) is 0. The van der Waals surface area contributed by atoms with Gasteiger partial charge in [0.05, 0.1) is 17.8 Å². The van der Waals surface area contributed by atoms with E-state index in [9.17, 15) is 14.4 Å². The van der Waals surface area contributed by atoms with E-state index in [0.717, 1.165) is 12.8 Å². The molecule has 1 heterocycles. The van der Waals surface area contributed by atoms with E-state index in [1.165, 1.54) is 0 Å². The average molecular weight is 338 g/mol. The van der Waals surface area contributed by atoms with Gasteiger partial charge in [-0.25, -0.2) is 0 Å². The highest BCUT2D eigenvalue weighted by molar-refractivity contribution is 5.78. The molecule has 0 aromatic rings. The van der Waals surface area contributed by atoms with E-state index < -0.39 is 17.5 Å². The lowest BCUT2D eigenvalue weighted by molar-refractivity contribution is -0.168. The minimum Gasteiger partial charge on any atom is -0.462 e. The van der Waals surface area contributed by atoms with E-state index in [4.69, 9.17) is 14.2 Å². The summed E-state index contributed by atoms with van der Waals surface area (Å²) in [6.07, 6.45) is 1.20. The molecule has 3 fully saturated rings. The first kappa shape index (κ1) is 17.2. The molecule has 0 aromatic heterocycles. The number of rotatable bonds is 6. The van der Waals surface area contributed by atoms with Crippen LogP contribution in [-0.4, -0.2) is 36.2 Å². The van der Waals surface area contributed by atoms with Crippen LogP contribution in [0.25, 0.3) is 0 Å². The molecule has 6 atom stereocenters. The summed E-state index contributed by atoms with van der Waals surface area (Å²) >= 11 is 0. The van der Waals surface area contributed by atoms with Gasteiger partial charge in [0.1, 0.15) is 18.3 Å². The van der Waals surface area contributed by atoms with Gasteiger partial charge < -0.3 is 14.2 Å². The van der Waals surface area contributed by atoms with Gasteiger partial charge in [-0.2, -0.15) is 0 Å². The topological polar surface area (TPSA) is 78.9 Å². The summed E-state index contributed by atoms with van der Waals surface area (Å²) in [5.74, 6) is -0.418. The maximum atomic E-state index is 12.2. The van der Waals surface area contributed by atoms with Crippen LogP contribution < -0.4 is 0 Å². The van der Waals surface area contributed by atoms with Crippen LogP contribution in [0.4, 0.5) is 0 Å². The summed E-state index contributed by atoms with van der Waals surface area (Å²) in [4.78, 5) is 36.0. The Balaban J connectivity index is 1.50. The molecule has 6 nitrogen and oxygen atoms in total. The van der Waals surface area contributed by atoms with Crippen molar-refractivity contribution < 1.29 is 28.6 Å². The Labute approximate surface area is 142 Å². The van der Waals surface area contributed by atoms with Crippen molar-refractivity contribution >= 4 is 17.9 Å². The van der Waals surface area contributed by atoms with Crippen molar-refractivity contribution in [1.29, 1.82) is 0 Å². The lowest BCUT2D eigenvalue weighted by Gasteiger charge is -2.26. The fraction of sp³-hybridized carbons (Fsp3) is 0.833. The van der Waals surface area contributed by atoms with Gasteiger partial charge in [0.2, 0.25) is 0 Å². The van der Waals surface area contributed by atoms with Crippen LogP contribution in [0, 0.1) is 23.2 Å². The molecule has 2 saturated carbocycles. The predicted octanol–water partition coefficient (Wildman–Crippen LogP) is 2.24. The van der Waals surface area contributed by atoms with Gasteiger partial charge in [-0.15, -0.1) is 0 Å². The van der Waals surface area contributed by atoms with Gasteiger partial charge in [-0.3, -0.25) is 14.4 Å². The smallest absolute Gasteiger partial charge is 0.311 e. The van der Waals surface area contributed by atoms with Crippen molar-refractivity contribution in [1.82, 2.24) is 0 Å². The van der Waals surface area contributed by atoms with Gasteiger partial charge >= 0.3 is 17.9 Å². The molecular weight excluding hydrogens is 312 g/mol. The normalized spacial score (nSPS) is 34.8. The number of hydrogen-bond donors (Lipinski definition) is 0. The summed E-state index contributed by atoms with van der Waals surface area (Å²) < 4.78 is 16.3. The van der Waals surface area contributed by atoms with E-state index in [0.29, 0.717) is 6.42 Å². The molecule has 24 heavy (non-hydrogen) atoms. The predicted molar refractivity (Wildman–Crippen MR) is 83.7 cm³/mol. The van der Waals surface area contributed by atoms with E-state index in [1.807, 2.05) is 20.8 Å². The quantitative estimate of drug-likeness (QED) is 0.546. The van der Waals surface area contributed by atoms with Gasteiger partial charge in [0.15, 0.2) is 0 Å². The zero-order valence-corrected chi connectivity index (χ0v) is 14.7. The van der Waals surface area contributed by atoms with Crippen LogP contribution >= 0.6 is 0 Å². The zero-order valence-electron chi connectivity index (χ0n) is 14.7. The summed E-state index contributed by atoms with van der Waals surface area (Å²) in [5.41, 5.74) is -0.560. The minimum absolute atomic E-state index is 0.00565. The van der Waals surface area contributed by atoms with Gasteiger partial charge in [-0.1, -0.05) is 6.92 Å². The number of esters is 3. The Morgan fingerprint density at radius 3 is 2.71 bits per heavy atom. The van der Waals surface area contributed by atoms with Crippen molar-refractivity contribution in [3.63, 3.8) is 0 Å². The number of fused-ring (bicyclic) bond motifs is 1. The Morgan fingerprint density at radius 2 is 2.04 bits per heavy atom. The van der Waals surface area contributed by atoms with Crippen LogP contribution in [0.1, 0.15) is 53.4 Å². The first-order valence-electron chi connectivity index (χ1n) is 8.84.